The van der Waals surface area contributed by atoms with Crippen molar-refractivity contribution in [3.05, 3.63) is 64.7 Å². The molecule has 3 aromatic rings. The van der Waals surface area contributed by atoms with Crippen molar-refractivity contribution >= 4 is 52.9 Å². The number of rotatable bonds is 14. The van der Waals surface area contributed by atoms with Crippen molar-refractivity contribution in [2.45, 2.75) is 81.1 Å². The fourth-order valence-corrected chi connectivity index (χ4v) is 6.66. The lowest BCUT2D eigenvalue weighted by atomic mass is 9.82. The summed E-state index contributed by atoms with van der Waals surface area (Å²) in [5.74, 6) is -3.88. The molecule has 0 saturated heterocycles. The van der Waals surface area contributed by atoms with Gasteiger partial charge in [0.15, 0.2) is 6.61 Å². The van der Waals surface area contributed by atoms with Crippen LogP contribution in [0.15, 0.2) is 48.5 Å². The number of aliphatic carboxylic acids is 1. The van der Waals surface area contributed by atoms with Crippen molar-refractivity contribution in [2.24, 2.45) is 5.92 Å². The van der Waals surface area contributed by atoms with Gasteiger partial charge in [0.05, 0.1) is 5.54 Å². The van der Waals surface area contributed by atoms with Crippen LogP contribution in [0.3, 0.4) is 0 Å². The van der Waals surface area contributed by atoms with Crippen molar-refractivity contribution in [2.75, 3.05) is 23.8 Å². The number of carboxylic acid groups (broad SMARTS) is 1. The average molecular weight is 759 g/mol. The molecular formula is C35H38ClF3N8O6. The van der Waals surface area contributed by atoms with Crippen LogP contribution in [0, 0.1) is 5.92 Å². The van der Waals surface area contributed by atoms with Crippen LogP contribution < -0.4 is 31.3 Å². The van der Waals surface area contributed by atoms with Gasteiger partial charge in [0.25, 0.3) is 5.91 Å². The van der Waals surface area contributed by atoms with E-state index in [1.54, 1.807) is 12.1 Å². The number of hydrogen-bond donors (Lipinski definition) is 6. The van der Waals surface area contributed by atoms with Gasteiger partial charge in [-0.3, -0.25) is 14.4 Å². The number of carboxylic acids is 1. The lowest BCUT2D eigenvalue weighted by Crippen LogP contribution is -2.53. The monoisotopic (exact) mass is 758 g/mol. The fraction of sp³-hybridized carbons (Fsp3) is 0.457. The van der Waals surface area contributed by atoms with Crippen LogP contribution in [0.1, 0.15) is 73.7 Å². The van der Waals surface area contributed by atoms with Crippen LogP contribution in [-0.4, -0.2) is 74.7 Å². The maximum atomic E-state index is 13.0. The van der Waals surface area contributed by atoms with Crippen molar-refractivity contribution in [3.8, 4) is 6.01 Å². The van der Waals surface area contributed by atoms with Gasteiger partial charge in [-0.2, -0.15) is 28.1 Å². The summed E-state index contributed by atoms with van der Waals surface area (Å²) in [5.41, 5.74) is 0.336. The molecule has 3 aliphatic carbocycles. The molecule has 14 nitrogen and oxygen atoms in total. The van der Waals surface area contributed by atoms with Crippen molar-refractivity contribution in [1.82, 2.24) is 30.9 Å². The Bertz CT molecular complexity index is 1830. The molecule has 282 valence electrons. The van der Waals surface area contributed by atoms with Gasteiger partial charge in [0.2, 0.25) is 11.9 Å². The maximum absolute atomic E-state index is 13.0. The molecule has 0 radical (unpaired) electrons. The molecule has 6 rings (SSSR count). The molecule has 3 amide bonds. The van der Waals surface area contributed by atoms with Gasteiger partial charge in [-0.1, -0.05) is 43.0 Å². The number of amides is 3. The topological polar surface area (TPSA) is 197 Å². The zero-order valence-electron chi connectivity index (χ0n) is 28.4. The number of halogens is 4. The van der Waals surface area contributed by atoms with Crippen LogP contribution in [0.25, 0.3) is 0 Å². The van der Waals surface area contributed by atoms with E-state index in [2.05, 4.69) is 41.5 Å². The number of ether oxygens (including phenoxy) is 1. The molecule has 1 atom stereocenters. The van der Waals surface area contributed by atoms with E-state index in [1.807, 2.05) is 12.1 Å². The van der Waals surface area contributed by atoms with Crippen LogP contribution in [0.2, 0.25) is 5.02 Å². The first kappa shape index (κ1) is 37.6. The van der Waals surface area contributed by atoms with Gasteiger partial charge >= 0.3 is 30.0 Å². The number of carbonyl (C=O) groups excluding carboxylic acids is 3. The Morgan fingerprint density at radius 1 is 0.887 bits per heavy atom. The zero-order chi connectivity index (χ0) is 37.8. The lowest BCUT2D eigenvalue weighted by molar-refractivity contribution is -0.154. The average Bonchev–Trinajstić information content (AvgIpc) is 4.07. The van der Waals surface area contributed by atoms with E-state index >= 15 is 0 Å². The van der Waals surface area contributed by atoms with Gasteiger partial charge in [-0.05, 0) is 86.4 Å². The third-order valence-electron chi connectivity index (χ3n) is 9.70. The van der Waals surface area contributed by atoms with E-state index in [0.29, 0.717) is 29.5 Å². The Hall–Kier alpha value is -5.19. The molecule has 18 heteroatoms. The molecule has 0 bridgehead atoms. The minimum absolute atomic E-state index is 0.0383. The predicted molar refractivity (Wildman–Crippen MR) is 186 cm³/mol. The lowest BCUT2D eigenvalue weighted by Gasteiger charge is -2.31. The molecule has 0 unspecified atom stereocenters. The SMILES string of the molecule is O=C(NC[C@H](NC(=O)c1ccc(Nc2nc(NC3(c4ccc(Cl)cc4)CC3)nc(OCC(F)(F)F)n2)cc1)C(=O)O)C(=O)NC1(C2CCCCC2)CC1. The number of hydrogen-bond acceptors (Lipinski definition) is 10. The first-order valence-corrected chi connectivity index (χ1v) is 17.6. The second-order valence-electron chi connectivity index (χ2n) is 13.6. The molecule has 1 aromatic heterocycles. The van der Waals surface area contributed by atoms with E-state index in [1.165, 1.54) is 24.3 Å². The van der Waals surface area contributed by atoms with Crippen LogP contribution in [-0.2, 0) is 19.9 Å². The normalized spacial score (nSPS) is 17.8. The Labute approximate surface area is 307 Å². The summed E-state index contributed by atoms with van der Waals surface area (Å²) >= 11 is 6.02. The molecule has 3 aliphatic rings. The predicted octanol–water partition coefficient (Wildman–Crippen LogP) is 4.84. The van der Waals surface area contributed by atoms with E-state index in [4.69, 9.17) is 16.3 Å². The highest BCUT2D eigenvalue weighted by Gasteiger charge is 2.51. The number of benzene rings is 2. The first-order valence-electron chi connectivity index (χ1n) is 17.2. The Morgan fingerprint density at radius 3 is 2.15 bits per heavy atom. The first-order chi connectivity index (χ1) is 25.2. The molecule has 1 heterocycles. The van der Waals surface area contributed by atoms with Gasteiger partial charge in [-0.15, -0.1) is 0 Å². The Morgan fingerprint density at radius 2 is 1.55 bits per heavy atom. The number of alkyl halides is 3. The fourth-order valence-electron chi connectivity index (χ4n) is 6.53. The summed E-state index contributed by atoms with van der Waals surface area (Å²) < 4.78 is 43.6. The Kier molecular flexibility index (Phi) is 10.9. The van der Waals surface area contributed by atoms with Crippen molar-refractivity contribution in [3.63, 3.8) is 0 Å². The number of anilines is 3. The number of aromatic nitrogens is 3. The zero-order valence-corrected chi connectivity index (χ0v) is 29.1. The highest BCUT2D eigenvalue weighted by molar-refractivity contribution is 6.35. The second kappa shape index (κ2) is 15.4. The Balaban J connectivity index is 1.06. The van der Waals surface area contributed by atoms with Crippen LogP contribution >= 0.6 is 11.6 Å². The van der Waals surface area contributed by atoms with Crippen molar-refractivity contribution in [1.29, 1.82) is 0 Å². The summed E-state index contributed by atoms with van der Waals surface area (Å²) in [4.78, 5) is 62.4. The van der Waals surface area contributed by atoms with E-state index in [9.17, 15) is 37.5 Å². The summed E-state index contributed by atoms with van der Waals surface area (Å²) in [7, 11) is 0. The summed E-state index contributed by atoms with van der Waals surface area (Å²) in [6, 6.07) is 10.6. The third kappa shape index (κ3) is 9.82. The summed E-state index contributed by atoms with van der Waals surface area (Å²) in [5, 5.41) is 23.8. The number of nitrogens with one attached hydrogen (secondary N) is 5. The van der Waals surface area contributed by atoms with Gasteiger partial charge < -0.3 is 36.4 Å². The van der Waals surface area contributed by atoms with Crippen LogP contribution in [0.5, 0.6) is 6.01 Å². The summed E-state index contributed by atoms with van der Waals surface area (Å²) in [6.07, 6.45) is 3.69. The number of carbonyl (C=O) groups is 4. The molecule has 6 N–H and O–H groups in total. The van der Waals surface area contributed by atoms with E-state index < -0.39 is 60.6 Å². The third-order valence-corrected chi connectivity index (χ3v) is 9.95. The number of nitrogens with zero attached hydrogens (tertiary/aromatic N) is 3. The molecule has 0 spiro atoms. The van der Waals surface area contributed by atoms with E-state index in [0.717, 1.165) is 50.5 Å². The maximum Gasteiger partial charge on any atom is 0.422 e. The van der Waals surface area contributed by atoms with Gasteiger partial charge in [-0.25, -0.2) is 4.79 Å². The molecule has 53 heavy (non-hydrogen) atoms. The van der Waals surface area contributed by atoms with Gasteiger partial charge in [0, 0.05) is 28.4 Å². The highest BCUT2D eigenvalue weighted by atomic mass is 35.5. The quantitative estimate of drug-likeness (QED) is 0.123. The molecule has 3 fully saturated rings. The summed E-state index contributed by atoms with van der Waals surface area (Å²) in [6.45, 7) is -2.16. The second-order valence-corrected chi connectivity index (χ2v) is 14.0. The standard InChI is InChI=1S/C35H38ClF3N8O6/c36-23-10-8-22(9-11-23)34(16-17-34)47-31-43-30(44-32(45-31)53-19-35(37,38)39)41-24-12-6-20(7-13-24)26(48)42-25(29(51)52)18-40-27(49)28(50)46-33(14-15-33)21-4-2-1-3-5-21/h6-13,21,25H,1-5,14-19H2,(H,40,49)(H,42,48)(H,46,50)(H,51,52)(H2,41,43,44,45,47)/t25-/m0/s1. The minimum atomic E-state index is -4.64. The molecule has 0 aliphatic heterocycles. The van der Waals surface area contributed by atoms with Crippen molar-refractivity contribution < 1.29 is 42.2 Å². The minimum Gasteiger partial charge on any atom is -0.480 e. The van der Waals surface area contributed by atoms with Crippen LogP contribution in [0.4, 0.5) is 30.8 Å². The van der Waals surface area contributed by atoms with Gasteiger partial charge in [0.1, 0.15) is 6.04 Å². The molecule has 2 aromatic carbocycles. The molecule has 3 saturated carbocycles. The highest BCUT2D eigenvalue weighted by Crippen LogP contribution is 2.49. The van der Waals surface area contributed by atoms with E-state index in [-0.39, 0.29) is 23.0 Å². The largest absolute Gasteiger partial charge is 0.480 e. The molecular weight excluding hydrogens is 721 g/mol. The smallest absolute Gasteiger partial charge is 0.422 e.